The summed E-state index contributed by atoms with van der Waals surface area (Å²) in [5.41, 5.74) is 0.187. The summed E-state index contributed by atoms with van der Waals surface area (Å²) in [7, 11) is 2.48. The minimum atomic E-state index is -4.58. The first-order chi connectivity index (χ1) is 20.1. The lowest BCUT2D eigenvalue weighted by Gasteiger charge is -2.28. The molecular weight excluding hydrogens is 575 g/mol. The van der Waals surface area contributed by atoms with Gasteiger partial charge in [-0.2, -0.15) is 13.2 Å². The van der Waals surface area contributed by atoms with Gasteiger partial charge >= 0.3 is 18.2 Å². The number of alkyl carbamates (subject to hydrolysis) is 1. The first-order valence-electron chi connectivity index (χ1n) is 14.1. The lowest BCUT2D eigenvalue weighted by molar-refractivity contribution is -0.137. The van der Waals surface area contributed by atoms with Crippen molar-refractivity contribution >= 4 is 23.4 Å². The Bertz CT molecular complexity index is 1280. The average Bonchev–Trinajstić information content (AvgIpc) is 3.93. The van der Waals surface area contributed by atoms with E-state index in [1.54, 1.807) is 0 Å². The van der Waals surface area contributed by atoms with E-state index < -0.39 is 23.8 Å². The Kier molecular flexibility index (Phi) is 9.43. The number of alkyl halides is 3. The van der Waals surface area contributed by atoms with E-state index in [0.717, 1.165) is 48.5 Å². The Hall–Kier alpha value is -2.71. The zero-order valence-electron chi connectivity index (χ0n) is 23.8. The predicted molar refractivity (Wildman–Crippen MR) is 149 cm³/mol. The fourth-order valence-electron chi connectivity index (χ4n) is 5.50. The Morgan fingerprint density at radius 3 is 2.64 bits per heavy atom. The number of thiophene rings is 1. The van der Waals surface area contributed by atoms with E-state index >= 15 is 0 Å². The molecule has 1 saturated carbocycles. The minimum absolute atomic E-state index is 0.0262. The molecule has 1 amide bonds. The third-order valence-electron chi connectivity index (χ3n) is 7.85. The van der Waals surface area contributed by atoms with Gasteiger partial charge in [-0.05, 0) is 62.4 Å². The number of hydrogen-bond donors (Lipinski definition) is 2. The molecule has 0 spiro atoms. The molecule has 0 radical (unpaired) electrons. The quantitative estimate of drug-likeness (QED) is 0.213. The van der Waals surface area contributed by atoms with Gasteiger partial charge in [0.15, 0.2) is 0 Å². The molecule has 3 heterocycles. The average molecular weight is 612 g/mol. The molecule has 2 N–H and O–H groups in total. The molecule has 5 rings (SSSR count). The maximum absolute atomic E-state index is 13.8. The molecule has 1 aromatic carbocycles. The second kappa shape index (κ2) is 12.9. The number of carbonyl (C=O) groups is 2. The molecule has 3 aliphatic rings. The molecule has 42 heavy (non-hydrogen) atoms. The summed E-state index contributed by atoms with van der Waals surface area (Å²) in [6, 6.07) is 5.37. The van der Waals surface area contributed by atoms with E-state index in [9.17, 15) is 22.8 Å². The molecule has 230 valence electrons. The van der Waals surface area contributed by atoms with Gasteiger partial charge < -0.3 is 29.6 Å². The summed E-state index contributed by atoms with van der Waals surface area (Å²) in [5, 5.41) is 5.98. The zero-order valence-corrected chi connectivity index (χ0v) is 24.6. The highest BCUT2D eigenvalue weighted by molar-refractivity contribution is 7.15. The van der Waals surface area contributed by atoms with Gasteiger partial charge in [0.25, 0.3) is 0 Å². The third kappa shape index (κ3) is 6.91. The van der Waals surface area contributed by atoms with Crippen LogP contribution in [-0.2, 0) is 31.5 Å². The Morgan fingerprint density at radius 2 is 2.00 bits per heavy atom. The number of nitrogens with one attached hydrogen (secondary N) is 2. The lowest BCUT2D eigenvalue weighted by Crippen LogP contribution is -2.44. The van der Waals surface area contributed by atoms with Crippen LogP contribution in [0.4, 0.5) is 18.0 Å². The molecule has 0 bridgehead atoms. The van der Waals surface area contributed by atoms with Crippen LogP contribution in [0.15, 0.2) is 24.3 Å². The number of halogens is 3. The minimum Gasteiger partial charge on any atom is -0.465 e. The van der Waals surface area contributed by atoms with E-state index in [0.29, 0.717) is 36.9 Å². The Labute approximate surface area is 246 Å². The van der Waals surface area contributed by atoms with Crippen LogP contribution in [0, 0.1) is 0 Å². The number of aryl methyl sites for hydroxylation is 1. The van der Waals surface area contributed by atoms with Crippen LogP contribution in [0.2, 0.25) is 0 Å². The molecule has 4 atom stereocenters. The standard InChI is InChI=1S/C29H36F3N3O6S/c1-16(35(19-7-8-19)26-24(41-26)22-15-33-11-12-40-22)23-13-17(5-4-10-34-28(37)39-3)25(42-23)21-14-18(29(30,31)32)6-9-20(21)27(36)38-2/h6,9,13-14,16,19,22,24,26,33H,4-5,7-8,10-12,15H2,1-3H3,(H,34,37)/t16-,22-,24?,26?/m1/s1. The second-order valence-corrected chi connectivity index (χ2v) is 11.8. The molecule has 13 heteroatoms. The number of esters is 1. The molecule has 2 aromatic rings. The van der Waals surface area contributed by atoms with E-state index in [1.165, 1.54) is 31.6 Å². The van der Waals surface area contributed by atoms with Crippen molar-refractivity contribution in [3.8, 4) is 10.4 Å². The molecule has 3 fully saturated rings. The van der Waals surface area contributed by atoms with Crippen molar-refractivity contribution in [3.05, 3.63) is 45.8 Å². The van der Waals surface area contributed by atoms with Crippen LogP contribution in [0.5, 0.6) is 0 Å². The first-order valence-corrected chi connectivity index (χ1v) is 14.9. The summed E-state index contributed by atoms with van der Waals surface area (Å²) in [5.74, 6) is -0.713. The SMILES string of the molecule is COC(=O)NCCCc1cc([C@@H](C)N(C2CC2)C2OC2[C@H]2CNCCO2)sc1-c1cc(C(F)(F)F)ccc1C(=O)OC. The number of morpholine rings is 1. The number of hydrogen-bond acceptors (Lipinski definition) is 9. The highest BCUT2D eigenvalue weighted by atomic mass is 32.1. The molecule has 1 aromatic heterocycles. The highest BCUT2D eigenvalue weighted by Crippen LogP contribution is 2.47. The smallest absolute Gasteiger partial charge is 0.416 e. The summed E-state index contributed by atoms with van der Waals surface area (Å²) >= 11 is 1.38. The number of benzene rings is 1. The van der Waals surface area contributed by atoms with Crippen LogP contribution in [-0.4, -0.2) is 81.9 Å². The van der Waals surface area contributed by atoms with Crippen LogP contribution < -0.4 is 10.6 Å². The van der Waals surface area contributed by atoms with Gasteiger partial charge in [-0.15, -0.1) is 11.3 Å². The van der Waals surface area contributed by atoms with E-state index in [-0.39, 0.29) is 35.6 Å². The summed E-state index contributed by atoms with van der Waals surface area (Å²) in [4.78, 5) is 28.1. The van der Waals surface area contributed by atoms with Crippen LogP contribution in [0.1, 0.15) is 58.6 Å². The number of amides is 1. The van der Waals surface area contributed by atoms with Gasteiger partial charge in [-0.25, -0.2) is 9.59 Å². The highest BCUT2D eigenvalue weighted by Gasteiger charge is 2.54. The number of nitrogens with zero attached hydrogens (tertiary/aromatic N) is 1. The first kappa shape index (κ1) is 30.7. The monoisotopic (exact) mass is 611 g/mol. The Morgan fingerprint density at radius 1 is 1.21 bits per heavy atom. The number of ether oxygens (including phenoxy) is 4. The second-order valence-electron chi connectivity index (χ2n) is 10.7. The van der Waals surface area contributed by atoms with Crippen molar-refractivity contribution < 1.29 is 41.7 Å². The van der Waals surface area contributed by atoms with Crippen molar-refractivity contribution in [3.63, 3.8) is 0 Å². The van der Waals surface area contributed by atoms with E-state index in [1.807, 2.05) is 6.07 Å². The maximum Gasteiger partial charge on any atom is 0.416 e. The van der Waals surface area contributed by atoms with Crippen LogP contribution in [0.3, 0.4) is 0 Å². The molecule has 2 unspecified atom stereocenters. The third-order valence-corrected chi connectivity index (χ3v) is 9.23. The van der Waals surface area contributed by atoms with Crippen molar-refractivity contribution in [2.45, 2.75) is 69.3 Å². The molecule has 2 aliphatic heterocycles. The van der Waals surface area contributed by atoms with Crippen molar-refractivity contribution in [2.24, 2.45) is 0 Å². The molecule has 1 aliphatic carbocycles. The molecular formula is C29H36F3N3O6S. The van der Waals surface area contributed by atoms with Crippen molar-refractivity contribution in [1.82, 2.24) is 15.5 Å². The number of rotatable bonds is 11. The number of methoxy groups -OCH3 is 2. The normalized spacial score (nSPS) is 23.0. The summed E-state index contributed by atoms with van der Waals surface area (Å²) in [6.07, 6.45) is -2.24. The van der Waals surface area contributed by atoms with Gasteiger partial charge in [0.1, 0.15) is 18.4 Å². The van der Waals surface area contributed by atoms with Gasteiger partial charge in [0.2, 0.25) is 0 Å². The fourth-order valence-corrected chi connectivity index (χ4v) is 6.80. The van der Waals surface area contributed by atoms with Crippen LogP contribution >= 0.6 is 11.3 Å². The van der Waals surface area contributed by atoms with E-state index in [2.05, 4.69) is 27.2 Å². The van der Waals surface area contributed by atoms with E-state index in [4.69, 9.17) is 14.2 Å². The van der Waals surface area contributed by atoms with Gasteiger partial charge in [0.05, 0.1) is 32.0 Å². The number of epoxide rings is 1. The van der Waals surface area contributed by atoms with Gasteiger partial charge in [0, 0.05) is 47.0 Å². The summed E-state index contributed by atoms with van der Waals surface area (Å²) in [6.45, 7) is 4.59. The summed E-state index contributed by atoms with van der Waals surface area (Å²) < 4.78 is 63.0. The fraction of sp³-hybridized carbons (Fsp3) is 0.586. The van der Waals surface area contributed by atoms with Crippen LogP contribution in [0.25, 0.3) is 10.4 Å². The Balaban J connectivity index is 1.48. The number of carbonyl (C=O) groups excluding carboxylic acids is 2. The van der Waals surface area contributed by atoms with Crippen molar-refractivity contribution in [1.29, 1.82) is 0 Å². The largest absolute Gasteiger partial charge is 0.465 e. The van der Waals surface area contributed by atoms with Gasteiger partial charge in [-0.1, -0.05) is 0 Å². The molecule has 2 saturated heterocycles. The molecule has 9 nitrogen and oxygen atoms in total. The van der Waals surface area contributed by atoms with Crippen molar-refractivity contribution in [2.75, 3.05) is 40.5 Å². The van der Waals surface area contributed by atoms with Gasteiger partial charge in [-0.3, -0.25) is 4.90 Å². The lowest BCUT2D eigenvalue weighted by atomic mass is 9.98. The predicted octanol–water partition coefficient (Wildman–Crippen LogP) is 4.75. The zero-order chi connectivity index (χ0) is 30.0. The topological polar surface area (TPSA) is 102 Å². The maximum atomic E-state index is 13.8.